The fraction of sp³-hybridized carbons (Fsp3) is 0.500. The van der Waals surface area contributed by atoms with Crippen LogP contribution >= 0.6 is 11.3 Å². The Morgan fingerprint density at radius 3 is 2.59 bits per heavy atom. The number of carbonyl (C=O) groups is 1. The molecule has 2 aliphatic rings. The molecular weight excluding hydrogens is 356 g/mol. The number of hydrogen-bond donors (Lipinski definition) is 0. The molecule has 0 atom stereocenters. The highest BCUT2D eigenvalue weighted by Gasteiger charge is 2.37. The lowest BCUT2D eigenvalue weighted by Gasteiger charge is -2.30. The van der Waals surface area contributed by atoms with E-state index in [-0.39, 0.29) is 5.41 Å². The summed E-state index contributed by atoms with van der Waals surface area (Å²) in [6.45, 7) is 7.69. The Balaban J connectivity index is 1.90. The van der Waals surface area contributed by atoms with Crippen LogP contribution in [0.15, 0.2) is 24.3 Å². The van der Waals surface area contributed by atoms with Crippen LogP contribution in [0.2, 0.25) is 0 Å². The van der Waals surface area contributed by atoms with E-state index in [0.717, 1.165) is 37.6 Å². The van der Waals surface area contributed by atoms with E-state index in [9.17, 15) is 4.79 Å². The fourth-order valence-corrected chi connectivity index (χ4v) is 5.46. The Labute approximate surface area is 165 Å². The molecule has 27 heavy (non-hydrogen) atoms. The highest BCUT2D eigenvalue weighted by Crippen LogP contribution is 2.49. The Morgan fingerprint density at radius 2 is 1.89 bits per heavy atom. The van der Waals surface area contributed by atoms with Gasteiger partial charge in [-0.15, -0.1) is 11.3 Å². The van der Waals surface area contributed by atoms with Gasteiger partial charge in [0.1, 0.15) is 0 Å². The van der Waals surface area contributed by atoms with Gasteiger partial charge in [-0.05, 0) is 35.1 Å². The van der Waals surface area contributed by atoms with Crippen LogP contribution in [0.1, 0.15) is 35.5 Å². The Bertz CT molecular complexity index is 863. The molecule has 1 aromatic heterocycles. The van der Waals surface area contributed by atoms with Crippen LogP contribution < -0.4 is 9.80 Å². The van der Waals surface area contributed by atoms with Crippen molar-refractivity contribution in [2.75, 3.05) is 50.2 Å². The van der Waals surface area contributed by atoms with E-state index in [1.54, 1.807) is 11.3 Å². The van der Waals surface area contributed by atoms with Crippen LogP contribution in [0.4, 0.5) is 10.7 Å². The number of thiophene rings is 1. The molecular formula is C22H28N2O2S. The summed E-state index contributed by atoms with van der Waals surface area (Å²) in [6.07, 6.45) is 1.59. The van der Waals surface area contributed by atoms with Crippen LogP contribution in [0.25, 0.3) is 11.1 Å². The lowest BCUT2D eigenvalue weighted by Crippen LogP contribution is -2.36. The van der Waals surface area contributed by atoms with E-state index in [1.807, 2.05) is 0 Å². The third kappa shape index (κ3) is 3.50. The number of nitrogens with zero attached hydrogens (tertiary/aromatic N) is 2. The summed E-state index contributed by atoms with van der Waals surface area (Å²) in [7, 11) is 4.13. The average Bonchev–Trinajstić information content (AvgIpc) is 3.01. The van der Waals surface area contributed by atoms with Gasteiger partial charge in [0.15, 0.2) is 5.78 Å². The average molecular weight is 385 g/mol. The van der Waals surface area contributed by atoms with E-state index in [2.05, 4.69) is 62.0 Å². The summed E-state index contributed by atoms with van der Waals surface area (Å²) in [4.78, 5) is 18.4. The van der Waals surface area contributed by atoms with Gasteiger partial charge in [-0.1, -0.05) is 26.0 Å². The molecule has 0 N–H and O–H groups in total. The number of anilines is 2. The van der Waals surface area contributed by atoms with E-state index in [4.69, 9.17) is 4.74 Å². The second-order valence-corrected chi connectivity index (χ2v) is 9.57. The Morgan fingerprint density at radius 1 is 1.15 bits per heavy atom. The highest BCUT2D eigenvalue weighted by atomic mass is 32.1. The summed E-state index contributed by atoms with van der Waals surface area (Å²) >= 11 is 1.69. The SMILES string of the molecule is CN(C)c1cccc(-c2c(N3CCOCC3)sc3c2CC(C)(C)CC3=O)c1. The van der Waals surface area contributed by atoms with Crippen molar-refractivity contribution in [3.8, 4) is 11.1 Å². The predicted molar refractivity (Wildman–Crippen MR) is 114 cm³/mol. The van der Waals surface area contributed by atoms with Gasteiger partial charge < -0.3 is 14.5 Å². The number of benzene rings is 1. The topological polar surface area (TPSA) is 32.8 Å². The summed E-state index contributed by atoms with van der Waals surface area (Å²) < 4.78 is 5.56. The molecule has 1 fully saturated rings. The molecule has 4 nitrogen and oxygen atoms in total. The van der Waals surface area contributed by atoms with Crippen molar-refractivity contribution < 1.29 is 9.53 Å². The molecule has 0 spiro atoms. The van der Waals surface area contributed by atoms with Gasteiger partial charge in [0.05, 0.1) is 23.1 Å². The monoisotopic (exact) mass is 384 g/mol. The Kier molecular flexibility index (Phi) is 4.77. The molecule has 0 saturated carbocycles. The summed E-state index contributed by atoms with van der Waals surface area (Å²) in [5.74, 6) is 0.302. The van der Waals surface area contributed by atoms with Gasteiger partial charge in [0.2, 0.25) is 0 Å². The predicted octanol–water partition coefficient (Wildman–Crippen LogP) is 4.47. The van der Waals surface area contributed by atoms with Crippen LogP contribution in [-0.2, 0) is 11.2 Å². The number of ether oxygens (including phenoxy) is 1. The molecule has 1 aliphatic heterocycles. The minimum absolute atomic E-state index is 0.0152. The summed E-state index contributed by atoms with van der Waals surface area (Å²) in [5.41, 5.74) is 4.93. The lowest BCUT2D eigenvalue weighted by atomic mass is 9.75. The standard InChI is InChI=1S/C22H28N2O2S/c1-22(2)13-17-19(15-6-5-7-16(12-15)23(3)4)21(24-8-10-26-11-9-24)27-20(17)18(25)14-22/h5-7,12H,8-11,13-14H2,1-4H3. The van der Waals surface area contributed by atoms with Crippen molar-refractivity contribution >= 4 is 27.8 Å². The zero-order chi connectivity index (χ0) is 19.2. The zero-order valence-corrected chi connectivity index (χ0v) is 17.5. The maximum Gasteiger partial charge on any atom is 0.173 e. The quantitative estimate of drug-likeness (QED) is 0.781. The molecule has 1 saturated heterocycles. The first kappa shape index (κ1) is 18.5. The third-order valence-electron chi connectivity index (χ3n) is 5.49. The molecule has 0 amide bonds. The van der Waals surface area contributed by atoms with Gasteiger partial charge >= 0.3 is 0 Å². The van der Waals surface area contributed by atoms with Crippen molar-refractivity contribution in [3.63, 3.8) is 0 Å². The molecule has 1 aromatic carbocycles. The molecule has 2 aromatic rings. The first-order chi connectivity index (χ1) is 12.9. The molecule has 0 radical (unpaired) electrons. The molecule has 144 valence electrons. The molecule has 5 heteroatoms. The van der Waals surface area contributed by atoms with Gasteiger partial charge in [-0.2, -0.15) is 0 Å². The highest BCUT2D eigenvalue weighted by molar-refractivity contribution is 7.19. The second-order valence-electron chi connectivity index (χ2n) is 8.58. The minimum Gasteiger partial charge on any atom is -0.378 e. The van der Waals surface area contributed by atoms with Gasteiger partial charge in [0.25, 0.3) is 0 Å². The number of fused-ring (bicyclic) bond motifs is 1. The van der Waals surface area contributed by atoms with Gasteiger partial charge in [0, 0.05) is 44.9 Å². The molecule has 4 rings (SSSR count). The lowest BCUT2D eigenvalue weighted by molar-refractivity contribution is 0.0918. The van der Waals surface area contributed by atoms with Crippen LogP contribution in [0.5, 0.6) is 0 Å². The van der Waals surface area contributed by atoms with Crippen molar-refractivity contribution in [1.82, 2.24) is 0 Å². The molecule has 0 bridgehead atoms. The number of Topliss-reactive ketones (excluding diaryl/α,β-unsaturated/α-hetero) is 1. The van der Waals surface area contributed by atoms with Crippen molar-refractivity contribution in [2.24, 2.45) is 5.41 Å². The van der Waals surface area contributed by atoms with E-state index in [0.29, 0.717) is 12.2 Å². The Hall–Kier alpha value is -1.85. The largest absolute Gasteiger partial charge is 0.378 e. The van der Waals surface area contributed by atoms with Crippen molar-refractivity contribution in [2.45, 2.75) is 26.7 Å². The number of rotatable bonds is 3. The number of morpholine rings is 1. The van der Waals surface area contributed by atoms with Crippen LogP contribution in [-0.4, -0.2) is 46.2 Å². The first-order valence-corrected chi connectivity index (χ1v) is 10.5. The minimum atomic E-state index is 0.0152. The van der Waals surface area contributed by atoms with Crippen LogP contribution in [0, 0.1) is 5.41 Å². The first-order valence-electron chi connectivity index (χ1n) is 9.65. The molecule has 1 aliphatic carbocycles. The van der Waals surface area contributed by atoms with Crippen molar-refractivity contribution in [3.05, 3.63) is 34.7 Å². The van der Waals surface area contributed by atoms with Gasteiger partial charge in [-0.3, -0.25) is 4.79 Å². The second kappa shape index (κ2) is 6.95. The maximum atomic E-state index is 12.9. The normalized spacial score (nSPS) is 19.1. The number of ketones is 1. The third-order valence-corrected chi connectivity index (χ3v) is 6.82. The smallest absolute Gasteiger partial charge is 0.173 e. The van der Waals surface area contributed by atoms with E-state index < -0.39 is 0 Å². The number of hydrogen-bond acceptors (Lipinski definition) is 5. The van der Waals surface area contributed by atoms with E-state index >= 15 is 0 Å². The summed E-state index contributed by atoms with van der Waals surface area (Å²) in [5, 5.41) is 1.24. The number of carbonyl (C=O) groups excluding carboxylic acids is 1. The zero-order valence-electron chi connectivity index (χ0n) is 16.7. The molecule has 0 unspecified atom stereocenters. The van der Waals surface area contributed by atoms with Crippen LogP contribution in [0.3, 0.4) is 0 Å². The van der Waals surface area contributed by atoms with E-state index in [1.165, 1.54) is 27.4 Å². The van der Waals surface area contributed by atoms with Crippen molar-refractivity contribution in [1.29, 1.82) is 0 Å². The fourth-order valence-electron chi connectivity index (χ4n) is 4.13. The molecule has 2 heterocycles. The summed E-state index contributed by atoms with van der Waals surface area (Å²) in [6, 6.07) is 8.68. The van der Waals surface area contributed by atoms with Gasteiger partial charge in [-0.25, -0.2) is 0 Å². The maximum absolute atomic E-state index is 12.9.